The number of hydrogen-bond acceptors (Lipinski definition) is 7. The lowest BCUT2D eigenvalue weighted by Gasteiger charge is -2.13. The fourth-order valence-corrected chi connectivity index (χ4v) is 4.97. The molecule has 3 rings (SSSR count). The van der Waals surface area contributed by atoms with Crippen LogP contribution in [0, 0.1) is 0 Å². The van der Waals surface area contributed by atoms with Crippen LogP contribution in [0.4, 0.5) is 0 Å². The molecule has 0 aliphatic carbocycles. The fourth-order valence-electron chi connectivity index (χ4n) is 2.24. The standard InChI is InChI=1S/C18H14O7S2/c19-16-12-7-13-17(26(20,21)24-14-8-3-1-4-9-14)18(16)27(22,23)25-15-10-5-2-6-11-15/h1-13,19H. The smallest absolute Gasteiger partial charge is 0.344 e. The van der Waals surface area contributed by atoms with E-state index in [9.17, 15) is 21.9 Å². The summed E-state index contributed by atoms with van der Waals surface area (Å²) in [6.07, 6.45) is 0. The summed E-state index contributed by atoms with van der Waals surface area (Å²) in [5.41, 5.74) is 0. The second-order valence-corrected chi connectivity index (χ2v) is 8.30. The molecule has 0 bridgehead atoms. The van der Waals surface area contributed by atoms with Crippen LogP contribution in [-0.2, 0) is 20.2 Å². The van der Waals surface area contributed by atoms with Crippen LogP contribution in [0.25, 0.3) is 0 Å². The molecule has 3 aromatic rings. The van der Waals surface area contributed by atoms with Crippen molar-refractivity contribution >= 4 is 20.2 Å². The van der Waals surface area contributed by atoms with E-state index in [1.54, 1.807) is 36.4 Å². The van der Waals surface area contributed by atoms with Gasteiger partial charge in [0.2, 0.25) is 0 Å². The Hall–Kier alpha value is -3.04. The number of rotatable bonds is 6. The maximum absolute atomic E-state index is 12.6. The number of phenolic OH excluding ortho intramolecular Hbond substituents is 1. The Morgan fingerprint density at radius 3 is 1.59 bits per heavy atom. The lowest BCUT2D eigenvalue weighted by molar-refractivity contribution is 0.433. The zero-order valence-corrected chi connectivity index (χ0v) is 15.4. The van der Waals surface area contributed by atoms with Crippen LogP contribution in [-0.4, -0.2) is 21.9 Å². The summed E-state index contributed by atoms with van der Waals surface area (Å²) in [4.78, 5) is -1.63. The van der Waals surface area contributed by atoms with Crippen molar-refractivity contribution in [3.05, 3.63) is 78.9 Å². The molecule has 0 radical (unpaired) electrons. The van der Waals surface area contributed by atoms with Crippen LogP contribution in [0.5, 0.6) is 17.2 Å². The predicted octanol–water partition coefficient (Wildman–Crippen LogP) is 2.93. The van der Waals surface area contributed by atoms with E-state index in [1.807, 2.05) is 0 Å². The lowest BCUT2D eigenvalue weighted by atomic mass is 10.3. The first-order valence-electron chi connectivity index (χ1n) is 7.61. The third-order valence-electron chi connectivity index (χ3n) is 3.38. The topological polar surface area (TPSA) is 107 Å². The molecule has 0 aliphatic heterocycles. The van der Waals surface area contributed by atoms with E-state index >= 15 is 0 Å². The molecule has 3 aromatic carbocycles. The minimum atomic E-state index is -4.66. The quantitative estimate of drug-likeness (QED) is 0.627. The summed E-state index contributed by atoms with van der Waals surface area (Å²) < 4.78 is 60.4. The zero-order valence-electron chi connectivity index (χ0n) is 13.7. The van der Waals surface area contributed by atoms with Gasteiger partial charge in [-0.2, -0.15) is 16.8 Å². The van der Waals surface area contributed by atoms with Crippen molar-refractivity contribution in [3.63, 3.8) is 0 Å². The van der Waals surface area contributed by atoms with E-state index in [-0.39, 0.29) is 11.5 Å². The summed E-state index contributed by atoms with van der Waals surface area (Å²) >= 11 is 0. The highest BCUT2D eigenvalue weighted by atomic mass is 32.2. The van der Waals surface area contributed by atoms with Gasteiger partial charge in [-0.25, -0.2) is 0 Å². The summed E-state index contributed by atoms with van der Waals surface area (Å²) in [5.74, 6) is -0.815. The molecule has 9 heteroatoms. The third kappa shape index (κ3) is 4.21. The second kappa shape index (κ2) is 7.29. The molecule has 0 atom stereocenters. The minimum Gasteiger partial charge on any atom is -0.506 e. The number of para-hydroxylation sites is 2. The molecule has 0 unspecified atom stereocenters. The Morgan fingerprint density at radius 1 is 0.593 bits per heavy atom. The Morgan fingerprint density at radius 2 is 1.07 bits per heavy atom. The molecule has 0 saturated heterocycles. The first-order chi connectivity index (χ1) is 12.8. The molecule has 27 heavy (non-hydrogen) atoms. The van der Waals surface area contributed by atoms with Crippen LogP contribution in [0.3, 0.4) is 0 Å². The van der Waals surface area contributed by atoms with E-state index in [0.29, 0.717) is 0 Å². The van der Waals surface area contributed by atoms with Gasteiger partial charge in [0.05, 0.1) is 0 Å². The van der Waals surface area contributed by atoms with E-state index in [1.165, 1.54) is 30.3 Å². The maximum atomic E-state index is 12.6. The van der Waals surface area contributed by atoms with Crippen LogP contribution < -0.4 is 8.37 Å². The van der Waals surface area contributed by atoms with Gasteiger partial charge >= 0.3 is 20.2 Å². The lowest BCUT2D eigenvalue weighted by Crippen LogP contribution is -2.18. The van der Waals surface area contributed by atoms with Crippen molar-refractivity contribution in [2.75, 3.05) is 0 Å². The first kappa shape index (κ1) is 18.7. The monoisotopic (exact) mass is 406 g/mol. The molecule has 0 spiro atoms. The van der Waals surface area contributed by atoms with E-state index in [0.717, 1.165) is 12.1 Å². The largest absolute Gasteiger partial charge is 0.506 e. The highest BCUT2D eigenvalue weighted by molar-refractivity contribution is 7.90. The third-order valence-corrected chi connectivity index (χ3v) is 6.14. The Labute approximate surface area is 156 Å². The van der Waals surface area contributed by atoms with Gasteiger partial charge < -0.3 is 13.5 Å². The molecule has 0 aliphatic rings. The average molecular weight is 406 g/mol. The van der Waals surface area contributed by atoms with Gasteiger partial charge in [0.15, 0.2) is 4.90 Å². The molecular formula is C18H14O7S2. The normalized spacial score (nSPS) is 11.7. The predicted molar refractivity (Wildman–Crippen MR) is 96.6 cm³/mol. The molecule has 7 nitrogen and oxygen atoms in total. The summed E-state index contributed by atoms with van der Waals surface area (Å²) in [6, 6.07) is 18.3. The van der Waals surface area contributed by atoms with E-state index in [4.69, 9.17) is 8.37 Å². The van der Waals surface area contributed by atoms with Gasteiger partial charge in [-0.15, -0.1) is 0 Å². The number of phenols is 1. The van der Waals surface area contributed by atoms with Crippen LogP contribution in [0.1, 0.15) is 0 Å². The SMILES string of the molecule is O=S(=O)(Oc1ccccc1)c1cccc(O)c1S(=O)(=O)Oc1ccccc1. The van der Waals surface area contributed by atoms with Crippen molar-refractivity contribution in [2.24, 2.45) is 0 Å². The van der Waals surface area contributed by atoms with Gasteiger partial charge in [-0.1, -0.05) is 42.5 Å². The van der Waals surface area contributed by atoms with Crippen molar-refractivity contribution < 1.29 is 30.3 Å². The minimum absolute atomic E-state index is 0.00633. The average Bonchev–Trinajstić information content (AvgIpc) is 2.62. The Kier molecular flexibility index (Phi) is 5.06. The highest BCUT2D eigenvalue weighted by Crippen LogP contribution is 2.33. The molecule has 140 valence electrons. The summed E-state index contributed by atoms with van der Waals surface area (Å²) in [6.45, 7) is 0. The second-order valence-electron chi connectivity index (χ2n) is 5.31. The maximum Gasteiger partial charge on any atom is 0.344 e. The van der Waals surface area contributed by atoms with Crippen molar-refractivity contribution in [2.45, 2.75) is 9.79 Å². The Balaban J connectivity index is 2.07. The van der Waals surface area contributed by atoms with Gasteiger partial charge in [-0.3, -0.25) is 0 Å². The van der Waals surface area contributed by atoms with Gasteiger partial charge in [-0.05, 0) is 36.4 Å². The Bertz CT molecular complexity index is 1140. The molecular weight excluding hydrogens is 392 g/mol. The van der Waals surface area contributed by atoms with Crippen LogP contribution in [0.2, 0.25) is 0 Å². The van der Waals surface area contributed by atoms with Gasteiger partial charge in [0, 0.05) is 0 Å². The molecule has 0 fully saturated rings. The number of hydrogen-bond donors (Lipinski definition) is 1. The van der Waals surface area contributed by atoms with Crippen LogP contribution in [0.15, 0.2) is 88.7 Å². The summed E-state index contributed by atoms with van der Waals surface area (Å²) in [5, 5.41) is 10.1. The van der Waals surface area contributed by atoms with Gasteiger partial charge in [0.25, 0.3) is 0 Å². The molecule has 0 heterocycles. The number of benzene rings is 3. The molecule has 1 N–H and O–H groups in total. The summed E-state index contributed by atoms with van der Waals surface area (Å²) in [7, 11) is -9.22. The van der Waals surface area contributed by atoms with Crippen molar-refractivity contribution in [1.82, 2.24) is 0 Å². The highest BCUT2D eigenvalue weighted by Gasteiger charge is 2.33. The van der Waals surface area contributed by atoms with E-state index < -0.39 is 35.8 Å². The van der Waals surface area contributed by atoms with E-state index in [2.05, 4.69) is 0 Å². The first-order valence-corrected chi connectivity index (χ1v) is 10.4. The fraction of sp³-hybridized carbons (Fsp3) is 0. The molecule has 0 saturated carbocycles. The van der Waals surface area contributed by atoms with Crippen LogP contribution >= 0.6 is 0 Å². The zero-order chi connectivity index (χ0) is 19.5. The molecule has 0 amide bonds. The van der Waals surface area contributed by atoms with Crippen molar-refractivity contribution in [3.8, 4) is 17.2 Å². The number of aromatic hydroxyl groups is 1. The van der Waals surface area contributed by atoms with Gasteiger partial charge in [0.1, 0.15) is 22.1 Å². The molecule has 0 aromatic heterocycles. The van der Waals surface area contributed by atoms with Crippen molar-refractivity contribution in [1.29, 1.82) is 0 Å².